The Morgan fingerprint density at radius 2 is 1.84 bits per heavy atom. The number of imidazole rings is 1. The van der Waals surface area contributed by atoms with Crippen LogP contribution in [0, 0.1) is 5.92 Å². The molecule has 1 heterocycles. The minimum atomic E-state index is -0.913. The fourth-order valence-corrected chi connectivity index (χ4v) is 2.44. The van der Waals surface area contributed by atoms with Crippen LogP contribution in [0.5, 0.6) is 0 Å². The molecule has 170 valence electrons. The molecule has 0 aliphatic rings. The van der Waals surface area contributed by atoms with Gasteiger partial charge in [-0.25, -0.2) is 4.98 Å². The Balaban J connectivity index is 0.000000452. The van der Waals surface area contributed by atoms with Crippen LogP contribution in [0.4, 0.5) is 0 Å². The van der Waals surface area contributed by atoms with Crippen molar-refractivity contribution in [1.29, 1.82) is 0 Å². The van der Waals surface area contributed by atoms with E-state index in [-0.39, 0.29) is 19.1 Å². The number of nitrogens with one attached hydrogen (secondary N) is 2. The first-order valence-corrected chi connectivity index (χ1v) is 9.91. The maximum Gasteiger partial charge on any atom is 0.323 e. The molecule has 1 aromatic heterocycles. The van der Waals surface area contributed by atoms with E-state index in [9.17, 15) is 14.4 Å². The fourth-order valence-electron chi connectivity index (χ4n) is 2.44. The summed E-state index contributed by atoms with van der Waals surface area (Å²) < 4.78 is 5.03. The first-order valence-electron chi connectivity index (χ1n) is 9.91. The number of esters is 1. The standard InChI is InChI=1S/C15H18N4O3.C6H13NO2/c16-13(8-12-9-17-10-19-12)15(21)22-7-6-18-14(20)11-4-2-1-3-5-11;1-4(2)3-5(7)6(8)9/h1-5,9-10,13H,6-8,16H2,(H,17,19)(H,18,20);4-5H,3,7H2,1-2H3,(H,8,9)/t13-;5-/m00/s1. The van der Waals surface area contributed by atoms with Crippen LogP contribution in [-0.2, 0) is 20.7 Å². The highest BCUT2D eigenvalue weighted by Gasteiger charge is 2.16. The molecule has 2 aromatic rings. The first kappa shape index (κ1) is 25.8. The van der Waals surface area contributed by atoms with E-state index in [4.69, 9.17) is 21.3 Å². The van der Waals surface area contributed by atoms with Crippen molar-refractivity contribution < 1.29 is 24.2 Å². The fraction of sp³-hybridized carbons (Fsp3) is 0.429. The summed E-state index contributed by atoms with van der Waals surface area (Å²) in [6.45, 7) is 4.20. The molecule has 0 bridgehead atoms. The zero-order chi connectivity index (χ0) is 23.2. The second-order valence-corrected chi connectivity index (χ2v) is 7.25. The van der Waals surface area contributed by atoms with E-state index in [0.717, 1.165) is 5.69 Å². The van der Waals surface area contributed by atoms with E-state index in [0.29, 0.717) is 24.3 Å². The molecule has 7 N–H and O–H groups in total. The lowest BCUT2D eigenvalue weighted by atomic mass is 10.1. The number of ether oxygens (including phenoxy) is 1. The van der Waals surface area contributed by atoms with Gasteiger partial charge in [-0.1, -0.05) is 32.0 Å². The number of carboxylic acid groups (broad SMARTS) is 1. The first-order chi connectivity index (χ1) is 14.7. The zero-order valence-electron chi connectivity index (χ0n) is 17.8. The molecule has 0 unspecified atom stereocenters. The van der Waals surface area contributed by atoms with Gasteiger partial charge in [-0.2, -0.15) is 0 Å². The van der Waals surface area contributed by atoms with E-state index in [1.807, 2.05) is 19.9 Å². The predicted octanol–water partition coefficient (Wildman–Crippen LogP) is 0.697. The molecule has 0 saturated heterocycles. The summed E-state index contributed by atoms with van der Waals surface area (Å²) in [4.78, 5) is 40.3. The predicted molar refractivity (Wildman–Crippen MR) is 115 cm³/mol. The van der Waals surface area contributed by atoms with Crippen molar-refractivity contribution in [3.63, 3.8) is 0 Å². The van der Waals surface area contributed by atoms with Gasteiger partial charge in [-0.15, -0.1) is 0 Å². The molecule has 31 heavy (non-hydrogen) atoms. The number of rotatable bonds is 10. The van der Waals surface area contributed by atoms with Crippen LogP contribution in [-0.4, -0.2) is 58.2 Å². The maximum atomic E-state index is 11.7. The Hall–Kier alpha value is -3.24. The molecule has 0 saturated carbocycles. The van der Waals surface area contributed by atoms with Gasteiger partial charge in [0.2, 0.25) is 0 Å². The Bertz CT molecular complexity index is 796. The molecule has 2 atom stereocenters. The van der Waals surface area contributed by atoms with Gasteiger partial charge in [0, 0.05) is 23.9 Å². The zero-order valence-corrected chi connectivity index (χ0v) is 17.8. The van der Waals surface area contributed by atoms with Crippen LogP contribution in [0.25, 0.3) is 0 Å². The van der Waals surface area contributed by atoms with Gasteiger partial charge in [-0.05, 0) is 24.5 Å². The second kappa shape index (κ2) is 13.9. The Morgan fingerprint density at radius 1 is 1.16 bits per heavy atom. The number of nitrogens with zero attached hydrogens (tertiary/aromatic N) is 1. The number of carbonyl (C=O) groups excluding carboxylic acids is 2. The number of aromatic nitrogens is 2. The van der Waals surface area contributed by atoms with Gasteiger partial charge in [0.1, 0.15) is 18.7 Å². The second-order valence-electron chi connectivity index (χ2n) is 7.25. The molecule has 0 aliphatic carbocycles. The van der Waals surface area contributed by atoms with Crippen molar-refractivity contribution in [3.05, 3.63) is 54.1 Å². The van der Waals surface area contributed by atoms with Crippen LogP contribution < -0.4 is 16.8 Å². The van der Waals surface area contributed by atoms with Gasteiger partial charge in [-0.3, -0.25) is 14.4 Å². The quantitative estimate of drug-likeness (QED) is 0.269. The summed E-state index contributed by atoms with van der Waals surface area (Å²) >= 11 is 0. The Morgan fingerprint density at radius 3 is 2.35 bits per heavy atom. The number of aromatic amines is 1. The van der Waals surface area contributed by atoms with Crippen molar-refractivity contribution in [3.8, 4) is 0 Å². The molecule has 0 fully saturated rings. The van der Waals surface area contributed by atoms with E-state index >= 15 is 0 Å². The maximum absolute atomic E-state index is 11.7. The van der Waals surface area contributed by atoms with Crippen molar-refractivity contribution in [2.75, 3.05) is 13.2 Å². The third-order valence-corrected chi connectivity index (χ3v) is 4.01. The number of H-pyrrole nitrogens is 1. The monoisotopic (exact) mass is 433 g/mol. The lowest BCUT2D eigenvalue weighted by molar-refractivity contribution is -0.145. The number of aliphatic carboxylic acids is 1. The van der Waals surface area contributed by atoms with Crippen LogP contribution in [0.15, 0.2) is 42.9 Å². The summed E-state index contributed by atoms with van der Waals surface area (Å²) in [6.07, 6.45) is 4.00. The van der Waals surface area contributed by atoms with Crippen LogP contribution in [0.3, 0.4) is 0 Å². The number of amides is 1. The molecule has 1 amide bonds. The highest BCUT2D eigenvalue weighted by Crippen LogP contribution is 2.02. The van der Waals surface area contributed by atoms with Crippen molar-refractivity contribution >= 4 is 17.8 Å². The topological polar surface area (TPSA) is 173 Å². The van der Waals surface area contributed by atoms with Gasteiger partial charge >= 0.3 is 11.9 Å². The minimum Gasteiger partial charge on any atom is -0.480 e. The molecule has 1 aromatic carbocycles. The molecule has 10 nitrogen and oxygen atoms in total. The van der Waals surface area contributed by atoms with E-state index in [1.165, 1.54) is 6.33 Å². The number of hydrogen-bond acceptors (Lipinski definition) is 7. The molecule has 0 spiro atoms. The van der Waals surface area contributed by atoms with Crippen molar-refractivity contribution in [2.45, 2.75) is 38.8 Å². The molecular formula is C21H31N5O5. The molecule has 2 rings (SSSR count). The number of carbonyl (C=O) groups is 3. The average Bonchev–Trinajstić information content (AvgIpc) is 3.24. The van der Waals surface area contributed by atoms with Crippen LogP contribution in [0.1, 0.15) is 36.3 Å². The van der Waals surface area contributed by atoms with E-state index in [1.54, 1.807) is 30.5 Å². The van der Waals surface area contributed by atoms with Gasteiger partial charge in [0.15, 0.2) is 0 Å². The van der Waals surface area contributed by atoms with E-state index < -0.39 is 24.0 Å². The highest BCUT2D eigenvalue weighted by molar-refractivity contribution is 5.94. The van der Waals surface area contributed by atoms with Crippen molar-refractivity contribution in [2.24, 2.45) is 17.4 Å². The van der Waals surface area contributed by atoms with E-state index in [2.05, 4.69) is 15.3 Å². The number of nitrogens with two attached hydrogens (primary N) is 2. The Kier molecular flexibility index (Phi) is 11.6. The lowest BCUT2D eigenvalue weighted by Gasteiger charge is -2.11. The molecule has 0 aliphatic heterocycles. The lowest BCUT2D eigenvalue weighted by Crippen LogP contribution is -2.36. The number of carboxylic acids is 1. The minimum absolute atomic E-state index is 0.0775. The number of benzene rings is 1. The summed E-state index contributed by atoms with van der Waals surface area (Å²) in [5.74, 6) is -1.28. The van der Waals surface area contributed by atoms with Crippen LogP contribution >= 0.6 is 0 Å². The Labute approximate surface area is 181 Å². The average molecular weight is 434 g/mol. The van der Waals surface area contributed by atoms with Crippen molar-refractivity contribution in [1.82, 2.24) is 15.3 Å². The summed E-state index contributed by atoms with van der Waals surface area (Å²) in [5.41, 5.74) is 12.3. The SMILES string of the molecule is CC(C)C[C@H](N)C(=O)O.N[C@@H](Cc1cnc[nH]1)C(=O)OCCNC(=O)c1ccccc1. The molecule has 0 radical (unpaired) electrons. The smallest absolute Gasteiger partial charge is 0.323 e. The summed E-state index contributed by atoms with van der Waals surface area (Å²) in [6, 6.07) is 7.37. The van der Waals surface area contributed by atoms with Crippen LogP contribution in [0.2, 0.25) is 0 Å². The number of hydrogen-bond donors (Lipinski definition) is 5. The van der Waals surface area contributed by atoms with Gasteiger partial charge in [0.25, 0.3) is 5.91 Å². The van der Waals surface area contributed by atoms with Gasteiger partial charge in [0.05, 0.1) is 12.9 Å². The highest BCUT2D eigenvalue weighted by atomic mass is 16.5. The normalized spacial score (nSPS) is 12.3. The summed E-state index contributed by atoms with van der Waals surface area (Å²) in [5, 5.41) is 11.0. The third kappa shape index (κ3) is 10.9. The summed E-state index contributed by atoms with van der Waals surface area (Å²) in [7, 11) is 0. The molecule has 10 heteroatoms. The largest absolute Gasteiger partial charge is 0.480 e. The third-order valence-electron chi connectivity index (χ3n) is 4.01. The van der Waals surface area contributed by atoms with Gasteiger partial charge < -0.3 is 31.6 Å². The molecular weight excluding hydrogens is 402 g/mol.